The zero-order chi connectivity index (χ0) is 18.1. The quantitative estimate of drug-likeness (QED) is 0.411. The van der Waals surface area contributed by atoms with Crippen molar-refractivity contribution in [2.45, 2.75) is 32.9 Å². The molecule has 1 atom stereocenters. The first kappa shape index (κ1) is 19.7. The summed E-state index contributed by atoms with van der Waals surface area (Å²) in [6.45, 7) is 12.0. The number of nitrogens with zero attached hydrogens (tertiary/aromatic N) is 5. The number of hydrogen-bond donors (Lipinski definition) is 2. The van der Waals surface area contributed by atoms with Crippen LogP contribution < -0.4 is 10.6 Å². The predicted octanol–water partition coefficient (Wildman–Crippen LogP) is 0.710. The van der Waals surface area contributed by atoms with Crippen LogP contribution in [0.5, 0.6) is 0 Å². The van der Waals surface area contributed by atoms with Gasteiger partial charge in [0.15, 0.2) is 5.96 Å². The Morgan fingerprint density at radius 1 is 1.20 bits per heavy atom. The second-order valence-corrected chi connectivity index (χ2v) is 7.15. The monoisotopic (exact) mass is 349 g/mol. The van der Waals surface area contributed by atoms with Gasteiger partial charge in [0, 0.05) is 71.3 Å². The SMILES string of the molecule is CN=C(NCCCn1cccn1)NCC(C(C)C)N1CCN(C)CC1. The molecule has 1 aliphatic heterocycles. The van der Waals surface area contributed by atoms with Gasteiger partial charge in [-0.05, 0) is 25.5 Å². The zero-order valence-corrected chi connectivity index (χ0v) is 16.3. The van der Waals surface area contributed by atoms with E-state index in [1.807, 2.05) is 30.2 Å². The van der Waals surface area contributed by atoms with Crippen LogP contribution in [0.25, 0.3) is 0 Å². The van der Waals surface area contributed by atoms with Crippen LogP contribution in [0.4, 0.5) is 0 Å². The van der Waals surface area contributed by atoms with E-state index in [0.717, 1.165) is 58.2 Å². The standard InChI is InChI=1S/C18H35N7/c1-16(2)17(24-13-11-23(4)12-14-24)15-21-18(19-3)20-7-5-9-25-10-6-8-22-25/h6,8,10,16-17H,5,7,9,11-15H2,1-4H3,(H2,19,20,21). The molecule has 2 N–H and O–H groups in total. The number of aromatic nitrogens is 2. The highest BCUT2D eigenvalue weighted by molar-refractivity contribution is 5.79. The lowest BCUT2D eigenvalue weighted by atomic mass is 10.0. The largest absolute Gasteiger partial charge is 0.356 e. The molecule has 1 fully saturated rings. The van der Waals surface area contributed by atoms with Crippen molar-refractivity contribution in [3.8, 4) is 0 Å². The van der Waals surface area contributed by atoms with E-state index in [2.05, 4.69) is 51.4 Å². The Balaban J connectivity index is 1.71. The van der Waals surface area contributed by atoms with Gasteiger partial charge in [0.1, 0.15) is 0 Å². The van der Waals surface area contributed by atoms with Crippen LogP contribution in [0.15, 0.2) is 23.5 Å². The maximum absolute atomic E-state index is 4.36. The van der Waals surface area contributed by atoms with Crippen molar-refractivity contribution in [3.63, 3.8) is 0 Å². The summed E-state index contributed by atoms with van der Waals surface area (Å²) < 4.78 is 1.96. The minimum absolute atomic E-state index is 0.538. The van der Waals surface area contributed by atoms with Gasteiger partial charge in [0.05, 0.1) is 0 Å². The first-order chi connectivity index (χ1) is 12.1. The molecule has 1 aromatic heterocycles. The Hall–Kier alpha value is -1.60. The third-order valence-electron chi connectivity index (χ3n) is 4.89. The van der Waals surface area contributed by atoms with E-state index < -0.39 is 0 Å². The second-order valence-electron chi connectivity index (χ2n) is 7.15. The Kier molecular flexibility index (Phi) is 8.21. The fraction of sp³-hybridized carbons (Fsp3) is 0.778. The highest BCUT2D eigenvalue weighted by atomic mass is 15.3. The van der Waals surface area contributed by atoms with Crippen LogP contribution in [0.1, 0.15) is 20.3 Å². The summed E-state index contributed by atoms with van der Waals surface area (Å²) in [4.78, 5) is 9.37. The van der Waals surface area contributed by atoms with Crippen LogP contribution in [-0.2, 0) is 6.54 Å². The molecule has 7 nitrogen and oxygen atoms in total. The number of piperazine rings is 1. The van der Waals surface area contributed by atoms with Crippen molar-refractivity contribution in [1.29, 1.82) is 0 Å². The maximum Gasteiger partial charge on any atom is 0.191 e. The van der Waals surface area contributed by atoms with E-state index in [-0.39, 0.29) is 0 Å². The second kappa shape index (κ2) is 10.4. The summed E-state index contributed by atoms with van der Waals surface area (Å²) in [6.07, 6.45) is 4.84. The van der Waals surface area contributed by atoms with Crippen molar-refractivity contribution in [3.05, 3.63) is 18.5 Å². The van der Waals surface area contributed by atoms with E-state index >= 15 is 0 Å². The lowest BCUT2D eigenvalue weighted by molar-refractivity contribution is 0.0900. The highest BCUT2D eigenvalue weighted by Crippen LogP contribution is 2.12. The predicted molar refractivity (Wildman–Crippen MR) is 104 cm³/mol. The molecule has 1 aliphatic rings. The Bertz CT molecular complexity index is 490. The summed E-state index contributed by atoms with van der Waals surface area (Å²) in [5.41, 5.74) is 0. The minimum Gasteiger partial charge on any atom is -0.356 e. The van der Waals surface area contributed by atoms with Gasteiger partial charge in [-0.25, -0.2) is 0 Å². The summed E-state index contributed by atoms with van der Waals surface area (Å²) >= 11 is 0. The molecule has 0 bridgehead atoms. The lowest BCUT2D eigenvalue weighted by Crippen LogP contribution is -2.55. The molecule has 0 aromatic carbocycles. The number of aliphatic imine (C=N–C) groups is 1. The van der Waals surface area contributed by atoms with Gasteiger partial charge in [0.25, 0.3) is 0 Å². The van der Waals surface area contributed by atoms with Crippen LogP contribution in [0, 0.1) is 5.92 Å². The molecule has 0 aliphatic carbocycles. The van der Waals surface area contributed by atoms with Gasteiger partial charge in [-0.2, -0.15) is 5.10 Å². The van der Waals surface area contributed by atoms with Crippen LogP contribution >= 0.6 is 0 Å². The van der Waals surface area contributed by atoms with Gasteiger partial charge >= 0.3 is 0 Å². The molecule has 1 aromatic rings. The third-order valence-corrected chi connectivity index (χ3v) is 4.89. The Morgan fingerprint density at radius 3 is 2.56 bits per heavy atom. The van der Waals surface area contributed by atoms with E-state index in [1.54, 1.807) is 0 Å². The molecule has 0 spiro atoms. The summed E-state index contributed by atoms with van der Waals surface area (Å²) in [7, 11) is 4.04. The van der Waals surface area contributed by atoms with Crippen molar-refractivity contribution in [1.82, 2.24) is 30.2 Å². The maximum atomic E-state index is 4.36. The van der Waals surface area contributed by atoms with Crippen LogP contribution in [-0.4, -0.2) is 84.9 Å². The van der Waals surface area contributed by atoms with E-state index in [0.29, 0.717) is 12.0 Å². The smallest absolute Gasteiger partial charge is 0.191 e. The molecule has 142 valence electrons. The first-order valence-corrected chi connectivity index (χ1v) is 9.44. The zero-order valence-electron chi connectivity index (χ0n) is 16.3. The first-order valence-electron chi connectivity index (χ1n) is 9.44. The van der Waals surface area contributed by atoms with Crippen LogP contribution in [0.3, 0.4) is 0 Å². The molecule has 0 saturated carbocycles. The van der Waals surface area contributed by atoms with Gasteiger partial charge < -0.3 is 15.5 Å². The Morgan fingerprint density at radius 2 is 1.96 bits per heavy atom. The topological polar surface area (TPSA) is 60.7 Å². The van der Waals surface area contributed by atoms with Gasteiger partial charge in [0.2, 0.25) is 0 Å². The molecule has 1 unspecified atom stereocenters. The average Bonchev–Trinajstić information content (AvgIpc) is 3.11. The molecule has 0 amide bonds. The minimum atomic E-state index is 0.538. The highest BCUT2D eigenvalue weighted by Gasteiger charge is 2.24. The van der Waals surface area contributed by atoms with Gasteiger partial charge in [-0.1, -0.05) is 13.8 Å². The molecule has 1 saturated heterocycles. The molecular weight excluding hydrogens is 314 g/mol. The van der Waals surface area contributed by atoms with E-state index in [4.69, 9.17) is 0 Å². The number of rotatable bonds is 8. The van der Waals surface area contributed by atoms with Crippen molar-refractivity contribution < 1.29 is 0 Å². The summed E-state index contributed by atoms with van der Waals surface area (Å²) in [5, 5.41) is 11.1. The molecule has 0 radical (unpaired) electrons. The molecule has 25 heavy (non-hydrogen) atoms. The normalized spacial score (nSPS) is 18.5. The number of likely N-dealkylation sites (N-methyl/N-ethyl adjacent to an activating group) is 1. The third kappa shape index (κ3) is 6.66. The van der Waals surface area contributed by atoms with Crippen LogP contribution in [0.2, 0.25) is 0 Å². The number of aryl methyl sites for hydroxylation is 1. The molecule has 7 heteroatoms. The fourth-order valence-corrected chi connectivity index (χ4v) is 3.24. The summed E-state index contributed by atoms with van der Waals surface area (Å²) in [5.74, 6) is 1.51. The average molecular weight is 350 g/mol. The number of guanidine groups is 1. The van der Waals surface area contributed by atoms with Crippen molar-refractivity contribution in [2.75, 3.05) is 53.4 Å². The van der Waals surface area contributed by atoms with Crippen molar-refractivity contribution in [2.24, 2.45) is 10.9 Å². The van der Waals surface area contributed by atoms with E-state index in [9.17, 15) is 0 Å². The summed E-state index contributed by atoms with van der Waals surface area (Å²) in [6, 6.07) is 2.49. The number of nitrogens with one attached hydrogen (secondary N) is 2. The van der Waals surface area contributed by atoms with E-state index in [1.165, 1.54) is 0 Å². The number of hydrogen-bond acceptors (Lipinski definition) is 4. The fourth-order valence-electron chi connectivity index (χ4n) is 3.24. The lowest BCUT2D eigenvalue weighted by Gasteiger charge is -2.40. The van der Waals surface area contributed by atoms with Gasteiger partial charge in [-0.3, -0.25) is 14.6 Å². The molecular formula is C18H35N7. The Labute approximate surface area is 152 Å². The molecule has 2 heterocycles. The molecule has 2 rings (SSSR count). The van der Waals surface area contributed by atoms with Gasteiger partial charge in [-0.15, -0.1) is 0 Å². The van der Waals surface area contributed by atoms with Crippen molar-refractivity contribution >= 4 is 5.96 Å².